The van der Waals surface area contributed by atoms with Crippen molar-refractivity contribution in [3.05, 3.63) is 58.1 Å². The zero-order valence-corrected chi connectivity index (χ0v) is 16.4. The van der Waals surface area contributed by atoms with E-state index < -0.39 is 6.10 Å². The highest BCUT2D eigenvalue weighted by Crippen LogP contribution is 2.26. The van der Waals surface area contributed by atoms with Crippen molar-refractivity contribution in [2.75, 3.05) is 5.32 Å². The molecule has 0 spiro atoms. The van der Waals surface area contributed by atoms with Gasteiger partial charge in [0.05, 0.1) is 0 Å². The van der Waals surface area contributed by atoms with Gasteiger partial charge in [-0.2, -0.15) is 0 Å². The van der Waals surface area contributed by atoms with Gasteiger partial charge in [0.25, 0.3) is 5.91 Å². The summed E-state index contributed by atoms with van der Waals surface area (Å²) < 4.78 is 5.85. The van der Waals surface area contributed by atoms with Crippen molar-refractivity contribution in [2.24, 2.45) is 0 Å². The number of halogens is 2. The maximum absolute atomic E-state index is 12.5. The van der Waals surface area contributed by atoms with Gasteiger partial charge in [0, 0.05) is 15.7 Å². The topological polar surface area (TPSA) is 38.3 Å². The van der Waals surface area contributed by atoms with E-state index in [1.807, 2.05) is 31.2 Å². The molecule has 0 radical (unpaired) electrons. The highest BCUT2D eigenvalue weighted by Gasteiger charge is 2.20. The van der Waals surface area contributed by atoms with Crippen molar-refractivity contribution >= 4 is 34.8 Å². The molecular weight excluding hydrogens is 357 g/mol. The van der Waals surface area contributed by atoms with Crippen LogP contribution >= 0.6 is 23.2 Å². The zero-order valence-electron chi connectivity index (χ0n) is 14.9. The molecule has 0 fully saturated rings. The summed E-state index contributed by atoms with van der Waals surface area (Å²) >= 11 is 11.9. The Morgan fingerprint density at radius 3 is 2.12 bits per heavy atom. The minimum atomic E-state index is -0.599. The van der Waals surface area contributed by atoms with Crippen molar-refractivity contribution in [3.63, 3.8) is 0 Å². The lowest BCUT2D eigenvalue weighted by molar-refractivity contribution is -0.122. The third-order valence-electron chi connectivity index (χ3n) is 3.79. The first-order valence-electron chi connectivity index (χ1n) is 8.23. The van der Waals surface area contributed by atoms with Crippen molar-refractivity contribution in [1.29, 1.82) is 0 Å². The molecule has 2 rings (SSSR count). The summed E-state index contributed by atoms with van der Waals surface area (Å²) in [7, 11) is 0. The highest BCUT2D eigenvalue weighted by molar-refractivity contribution is 6.35. The largest absolute Gasteiger partial charge is 0.481 e. The fourth-order valence-electron chi connectivity index (χ4n) is 2.37. The Bertz CT molecular complexity index is 716. The number of ether oxygens (including phenoxy) is 1. The van der Waals surface area contributed by atoms with Gasteiger partial charge in [-0.25, -0.2) is 0 Å². The molecule has 0 aliphatic rings. The molecule has 0 saturated carbocycles. The van der Waals surface area contributed by atoms with Crippen LogP contribution in [0.3, 0.4) is 0 Å². The van der Waals surface area contributed by atoms with E-state index in [1.54, 1.807) is 18.2 Å². The molecule has 25 heavy (non-hydrogen) atoms. The summed E-state index contributed by atoms with van der Waals surface area (Å²) in [6, 6.07) is 12.8. The molecule has 0 aliphatic carbocycles. The third-order valence-corrected chi connectivity index (χ3v) is 4.23. The fraction of sp³-hybridized carbons (Fsp3) is 0.350. The molecule has 1 amide bonds. The Morgan fingerprint density at radius 1 is 1.08 bits per heavy atom. The van der Waals surface area contributed by atoms with Crippen LogP contribution < -0.4 is 10.1 Å². The van der Waals surface area contributed by atoms with Crippen molar-refractivity contribution in [2.45, 2.75) is 45.6 Å². The zero-order chi connectivity index (χ0) is 18.6. The summed E-state index contributed by atoms with van der Waals surface area (Å²) in [5.74, 6) is 0.430. The fourth-order valence-corrected chi connectivity index (χ4v) is 2.89. The Hall–Kier alpha value is -1.71. The van der Waals surface area contributed by atoms with Crippen LogP contribution in [0.5, 0.6) is 5.75 Å². The van der Waals surface area contributed by atoms with Gasteiger partial charge in [-0.05, 0) is 47.7 Å². The average Bonchev–Trinajstić information content (AvgIpc) is 2.51. The number of amides is 1. The number of nitrogens with one attached hydrogen (secondary N) is 1. The van der Waals surface area contributed by atoms with Crippen LogP contribution in [0.25, 0.3) is 0 Å². The lowest BCUT2D eigenvalue weighted by Gasteiger charge is -2.21. The number of carbonyl (C=O) groups is 1. The Labute approximate surface area is 159 Å². The van der Waals surface area contributed by atoms with E-state index in [0.717, 1.165) is 0 Å². The first-order chi connectivity index (χ1) is 11.7. The molecular formula is C20H23Cl2NO2. The number of rotatable bonds is 5. The van der Waals surface area contributed by atoms with Crippen LogP contribution in [-0.2, 0) is 10.2 Å². The molecule has 0 bridgehead atoms. The van der Waals surface area contributed by atoms with Crippen LogP contribution in [0.15, 0.2) is 42.5 Å². The second-order valence-corrected chi connectivity index (χ2v) is 7.81. The molecule has 2 aromatic rings. The van der Waals surface area contributed by atoms with Gasteiger partial charge in [-0.3, -0.25) is 4.79 Å². The number of benzene rings is 2. The maximum Gasteiger partial charge on any atom is 0.265 e. The second-order valence-electron chi connectivity index (χ2n) is 6.94. The molecule has 1 N–H and O–H groups in total. The predicted molar refractivity (Wildman–Crippen MR) is 105 cm³/mol. The average molecular weight is 380 g/mol. The molecule has 0 unspecified atom stereocenters. The monoisotopic (exact) mass is 379 g/mol. The third kappa shape index (κ3) is 5.65. The van der Waals surface area contributed by atoms with Crippen LogP contribution in [0.2, 0.25) is 10.0 Å². The highest BCUT2D eigenvalue weighted by atomic mass is 35.5. The lowest BCUT2D eigenvalue weighted by Crippen LogP contribution is -2.32. The van der Waals surface area contributed by atoms with Crippen LogP contribution in [-0.4, -0.2) is 12.0 Å². The smallest absolute Gasteiger partial charge is 0.265 e. The van der Waals surface area contributed by atoms with Crippen LogP contribution in [0.4, 0.5) is 5.69 Å². The van der Waals surface area contributed by atoms with E-state index in [9.17, 15) is 4.79 Å². The predicted octanol–water partition coefficient (Wildman–Crippen LogP) is 6.09. The molecule has 2 aromatic carbocycles. The first kappa shape index (κ1) is 19.6. The second kappa shape index (κ2) is 8.11. The molecule has 5 heteroatoms. The van der Waals surface area contributed by atoms with E-state index in [1.165, 1.54) is 5.56 Å². The number of hydrogen-bond donors (Lipinski definition) is 1. The van der Waals surface area contributed by atoms with Crippen LogP contribution in [0, 0.1) is 0 Å². The Balaban J connectivity index is 2.07. The quantitative estimate of drug-likeness (QED) is 0.682. The number of hydrogen-bond acceptors (Lipinski definition) is 2. The van der Waals surface area contributed by atoms with Gasteiger partial charge < -0.3 is 10.1 Å². The van der Waals surface area contributed by atoms with E-state index in [0.29, 0.717) is 27.9 Å². The molecule has 134 valence electrons. The van der Waals surface area contributed by atoms with E-state index in [-0.39, 0.29) is 11.3 Å². The summed E-state index contributed by atoms with van der Waals surface area (Å²) in [6.07, 6.45) is -0.0560. The van der Waals surface area contributed by atoms with Crippen LogP contribution in [0.1, 0.15) is 39.7 Å². The molecule has 0 saturated heterocycles. The van der Waals surface area contributed by atoms with Gasteiger partial charge in [0.15, 0.2) is 6.10 Å². The van der Waals surface area contributed by atoms with Gasteiger partial charge in [-0.15, -0.1) is 0 Å². The lowest BCUT2D eigenvalue weighted by atomic mass is 9.87. The number of carbonyl (C=O) groups excluding carboxylic acids is 1. The Kier molecular flexibility index (Phi) is 6.36. The maximum atomic E-state index is 12.5. The van der Waals surface area contributed by atoms with E-state index in [4.69, 9.17) is 27.9 Å². The SMILES string of the molecule is CC[C@@H](Oc1ccc(C(C)(C)C)cc1)C(=O)Nc1cc(Cl)cc(Cl)c1. The standard InChI is InChI=1S/C20H23Cl2NO2/c1-5-18(19(24)23-16-11-14(21)10-15(22)12-16)25-17-8-6-13(7-9-17)20(2,3)4/h6-12,18H,5H2,1-4H3,(H,23,24)/t18-/m1/s1. The molecule has 0 heterocycles. The van der Waals surface area contributed by atoms with Crippen molar-refractivity contribution < 1.29 is 9.53 Å². The first-order valence-corrected chi connectivity index (χ1v) is 8.99. The van der Waals surface area contributed by atoms with E-state index >= 15 is 0 Å². The van der Waals surface area contributed by atoms with Crippen molar-refractivity contribution in [3.8, 4) is 5.75 Å². The number of anilines is 1. The molecule has 1 atom stereocenters. The van der Waals surface area contributed by atoms with Crippen molar-refractivity contribution in [1.82, 2.24) is 0 Å². The summed E-state index contributed by atoms with van der Waals surface area (Å²) in [6.45, 7) is 8.36. The molecule has 3 nitrogen and oxygen atoms in total. The van der Waals surface area contributed by atoms with Gasteiger partial charge in [0.2, 0.25) is 0 Å². The summed E-state index contributed by atoms with van der Waals surface area (Å²) in [4.78, 5) is 12.5. The normalized spacial score (nSPS) is 12.6. The molecule has 0 aliphatic heterocycles. The Morgan fingerprint density at radius 2 is 1.64 bits per heavy atom. The summed E-state index contributed by atoms with van der Waals surface area (Å²) in [5.41, 5.74) is 1.84. The summed E-state index contributed by atoms with van der Waals surface area (Å²) in [5, 5.41) is 3.73. The van der Waals surface area contributed by atoms with Gasteiger partial charge in [0.1, 0.15) is 5.75 Å². The van der Waals surface area contributed by atoms with Gasteiger partial charge in [-0.1, -0.05) is 63.0 Å². The minimum Gasteiger partial charge on any atom is -0.481 e. The van der Waals surface area contributed by atoms with Gasteiger partial charge >= 0.3 is 0 Å². The van der Waals surface area contributed by atoms with E-state index in [2.05, 4.69) is 26.1 Å². The minimum absolute atomic E-state index is 0.0753. The molecule has 0 aromatic heterocycles.